The topological polar surface area (TPSA) is 69.6 Å². The zero-order valence-electron chi connectivity index (χ0n) is 15.8. The van der Waals surface area contributed by atoms with Gasteiger partial charge in [0.2, 0.25) is 0 Å². The van der Waals surface area contributed by atoms with E-state index in [1.54, 1.807) is 6.20 Å². The van der Waals surface area contributed by atoms with Crippen LogP contribution in [0, 0.1) is 0 Å². The van der Waals surface area contributed by atoms with Gasteiger partial charge < -0.3 is 5.73 Å². The van der Waals surface area contributed by atoms with E-state index in [1.807, 2.05) is 42.5 Å². The van der Waals surface area contributed by atoms with Crippen LogP contribution in [0.2, 0.25) is 0 Å². The zero-order valence-corrected chi connectivity index (χ0v) is 16.6. The quantitative estimate of drug-likeness (QED) is 0.466. The van der Waals surface area contributed by atoms with Crippen molar-refractivity contribution >= 4 is 34.2 Å². The summed E-state index contributed by atoms with van der Waals surface area (Å²) in [4.78, 5) is 14.1. The fourth-order valence-electron chi connectivity index (χ4n) is 3.81. The number of aromatic nitrogens is 4. The molecule has 1 aromatic carbocycles. The number of nitrogen functional groups attached to an aromatic ring is 1. The molecular weight excluding hydrogens is 382 g/mol. The van der Waals surface area contributed by atoms with Crippen LogP contribution in [-0.4, -0.2) is 19.5 Å². The van der Waals surface area contributed by atoms with E-state index in [-0.39, 0.29) is 0 Å². The molecule has 0 unspecified atom stereocenters. The molecule has 0 amide bonds. The lowest BCUT2D eigenvalue weighted by atomic mass is 10.1. The Morgan fingerprint density at radius 2 is 1.90 bits per heavy atom. The van der Waals surface area contributed by atoms with Gasteiger partial charge >= 0.3 is 0 Å². The lowest BCUT2D eigenvalue weighted by molar-refractivity contribution is 0.933. The number of anilines is 1. The van der Waals surface area contributed by atoms with E-state index in [4.69, 9.17) is 27.3 Å². The first-order valence-corrected chi connectivity index (χ1v) is 10.2. The molecule has 29 heavy (non-hydrogen) atoms. The van der Waals surface area contributed by atoms with Gasteiger partial charge in [-0.3, -0.25) is 4.57 Å². The Morgan fingerprint density at radius 1 is 1.03 bits per heavy atom. The second kappa shape index (κ2) is 7.33. The first-order chi connectivity index (χ1) is 14.2. The summed E-state index contributed by atoms with van der Waals surface area (Å²) < 4.78 is 2.06. The van der Waals surface area contributed by atoms with E-state index in [9.17, 15) is 0 Å². The number of alkyl halides is 1. The van der Waals surface area contributed by atoms with Crippen LogP contribution in [0.4, 0.5) is 5.82 Å². The third kappa shape index (κ3) is 3.17. The molecule has 0 saturated heterocycles. The number of rotatable bonds is 4. The van der Waals surface area contributed by atoms with Gasteiger partial charge in [0.1, 0.15) is 11.3 Å². The summed E-state index contributed by atoms with van der Waals surface area (Å²) >= 11 is 5.98. The predicted octanol–water partition coefficient (Wildman–Crippen LogP) is 5.37. The second-order valence-electron chi connectivity index (χ2n) is 7.17. The van der Waals surface area contributed by atoms with Crippen molar-refractivity contribution in [1.82, 2.24) is 19.5 Å². The molecule has 5 nitrogen and oxygen atoms in total. The number of imidazole rings is 1. The van der Waals surface area contributed by atoms with Gasteiger partial charge in [-0.05, 0) is 66.8 Å². The van der Waals surface area contributed by atoms with Crippen molar-refractivity contribution in [3.63, 3.8) is 0 Å². The Balaban J connectivity index is 1.77. The maximum absolute atomic E-state index is 6.19. The predicted molar refractivity (Wildman–Crippen MR) is 118 cm³/mol. The molecule has 0 saturated carbocycles. The SMILES string of the molecule is Nc1ncccc1-c1nc2ccc(C3=CCCC3)nc2n1-c1ccc(CCl)cc1. The molecule has 4 aromatic rings. The van der Waals surface area contributed by atoms with Crippen LogP contribution in [0.1, 0.15) is 30.5 Å². The Bertz CT molecular complexity index is 1220. The van der Waals surface area contributed by atoms with Gasteiger partial charge in [-0.25, -0.2) is 15.0 Å². The third-order valence-electron chi connectivity index (χ3n) is 5.30. The van der Waals surface area contributed by atoms with Gasteiger partial charge in [-0.2, -0.15) is 0 Å². The number of pyridine rings is 2. The fraction of sp³-hybridized carbons (Fsp3) is 0.174. The maximum atomic E-state index is 6.19. The monoisotopic (exact) mass is 401 g/mol. The van der Waals surface area contributed by atoms with Crippen molar-refractivity contribution in [2.24, 2.45) is 0 Å². The normalized spacial score (nSPS) is 13.8. The van der Waals surface area contributed by atoms with Crippen LogP contribution in [0.25, 0.3) is 33.8 Å². The van der Waals surface area contributed by atoms with E-state index in [0.29, 0.717) is 11.7 Å². The van der Waals surface area contributed by atoms with Crippen LogP contribution >= 0.6 is 11.6 Å². The molecule has 3 aromatic heterocycles. The summed E-state index contributed by atoms with van der Waals surface area (Å²) in [6, 6.07) is 16.0. The molecule has 1 aliphatic rings. The van der Waals surface area contributed by atoms with Crippen molar-refractivity contribution in [3.05, 3.63) is 72.1 Å². The number of fused-ring (bicyclic) bond motifs is 1. The largest absolute Gasteiger partial charge is 0.383 e. The number of benzene rings is 1. The van der Waals surface area contributed by atoms with Crippen molar-refractivity contribution in [3.8, 4) is 17.1 Å². The summed E-state index contributed by atoms with van der Waals surface area (Å²) in [5.41, 5.74) is 13.0. The standard InChI is InChI=1S/C23H20ClN5/c24-14-15-7-9-17(10-8-15)29-22(18-6-3-13-26-21(18)25)28-20-12-11-19(27-23(20)29)16-4-1-2-5-16/h3-4,6-13H,1-2,5,14H2,(H2,25,26). The fourth-order valence-corrected chi connectivity index (χ4v) is 3.98. The average Bonchev–Trinajstić information content (AvgIpc) is 3.42. The molecule has 0 aliphatic heterocycles. The van der Waals surface area contributed by atoms with Crippen LogP contribution < -0.4 is 5.73 Å². The van der Waals surface area contributed by atoms with Crippen molar-refractivity contribution in [2.45, 2.75) is 25.1 Å². The summed E-state index contributed by atoms with van der Waals surface area (Å²) in [6.07, 6.45) is 7.34. The van der Waals surface area contributed by atoms with Crippen LogP contribution in [0.3, 0.4) is 0 Å². The molecule has 0 fully saturated rings. The number of nitrogens with zero attached hydrogens (tertiary/aromatic N) is 4. The van der Waals surface area contributed by atoms with Crippen molar-refractivity contribution in [2.75, 3.05) is 5.73 Å². The Morgan fingerprint density at radius 3 is 2.62 bits per heavy atom. The van der Waals surface area contributed by atoms with Crippen LogP contribution in [0.15, 0.2) is 60.8 Å². The first kappa shape index (κ1) is 17.9. The highest BCUT2D eigenvalue weighted by Gasteiger charge is 2.19. The average molecular weight is 402 g/mol. The molecule has 0 atom stereocenters. The molecule has 144 valence electrons. The number of halogens is 1. The van der Waals surface area contributed by atoms with Gasteiger partial charge in [0.05, 0.1) is 11.3 Å². The molecule has 0 spiro atoms. The lowest BCUT2D eigenvalue weighted by Gasteiger charge is -2.11. The molecule has 0 bridgehead atoms. The summed E-state index contributed by atoms with van der Waals surface area (Å²) in [6.45, 7) is 0. The van der Waals surface area contributed by atoms with Gasteiger partial charge in [0.15, 0.2) is 11.5 Å². The zero-order chi connectivity index (χ0) is 19.8. The minimum Gasteiger partial charge on any atom is -0.383 e. The number of hydrogen-bond acceptors (Lipinski definition) is 4. The van der Waals surface area contributed by atoms with Crippen molar-refractivity contribution < 1.29 is 0 Å². The van der Waals surface area contributed by atoms with Gasteiger partial charge in [-0.1, -0.05) is 18.2 Å². The highest BCUT2D eigenvalue weighted by Crippen LogP contribution is 2.32. The van der Waals surface area contributed by atoms with E-state index in [1.165, 1.54) is 12.0 Å². The van der Waals surface area contributed by atoms with E-state index in [0.717, 1.165) is 52.3 Å². The Hall–Kier alpha value is -3.18. The lowest BCUT2D eigenvalue weighted by Crippen LogP contribution is -2.02. The number of nitrogens with two attached hydrogens (primary N) is 1. The Kier molecular flexibility index (Phi) is 4.52. The Labute approximate surface area is 173 Å². The summed E-state index contributed by atoms with van der Waals surface area (Å²) in [7, 11) is 0. The number of hydrogen-bond donors (Lipinski definition) is 1. The van der Waals surface area contributed by atoms with Crippen LogP contribution in [0.5, 0.6) is 0 Å². The summed E-state index contributed by atoms with van der Waals surface area (Å²) in [5, 5.41) is 0. The summed E-state index contributed by atoms with van der Waals surface area (Å²) in [5.74, 6) is 1.65. The molecule has 2 N–H and O–H groups in total. The minimum atomic E-state index is 0.445. The van der Waals surface area contributed by atoms with Gasteiger partial charge in [-0.15, -0.1) is 11.6 Å². The minimum absolute atomic E-state index is 0.445. The van der Waals surface area contributed by atoms with E-state index in [2.05, 4.69) is 21.7 Å². The highest BCUT2D eigenvalue weighted by atomic mass is 35.5. The van der Waals surface area contributed by atoms with E-state index < -0.39 is 0 Å². The van der Waals surface area contributed by atoms with Gasteiger partial charge in [0.25, 0.3) is 0 Å². The molecule has 1 aliphatic carbocycles. The van der Waals surface area contributed by atoms with E-state index >= 15 is 0 Å². The van der Waals surface area contributed by atoms with Crippen LogP contribution in [-0.2, 0) is 5.88 Å². The maximum Gasteiger partial charge on any atom is 0.165 e. The first-order valence-electron chi connectivity index (χ1n) is 9.69. The number of allylic oxidation sites excluding steroid dienone is 2. The molecule has 6 heteroatoms. The molecule has 3 heterocycles. The molecule has 5 rings (SSSR count). The van der Waals surface area contributed by atoms with Crippen molar-refractivity contribution in [1.29, 1.82) is 0 Å². The van der Waals surface area contributed by atoms with Gasteiger partial charge in [0, 0.05) is 17.8 Å². The molecule has 0 radical (unpaired) electrons. The smallest absolute Gasteiger partial charge is 0.165 e. The highest BCUT2D eigenvalue weighted by molar-refractivity contribution is 6.17. The third-order valence-corrected chi connectivity index (χ3v) is 5.61. The molecular formula is C23H20ClN5. The second-order valence-corrected chi connectivity index (χ2v) is 7.44.